The van der Waals surface area contributed by atoms with Crippen LogP contribution in [-0.4, -0.2) is 33.3 Å². The van der Waals surface area contributed by atoms with Gasteiger partial charge < -0.3 is 4.74 Å². The van der Waals surface area contributed by atoms with E-state index in [9.17, 15) is 13.2 Å². The molecular formula is C13H22N2O4S. The summed E-state index contributed by atoms with van der Waals surface area (Å²) in [6.07, 6.45) is 5.30. The Labute approximate surface area is 120 Å². The molecule has 1 rings (SSSR count). The van der Waals surface area contributed by atoms with Gasteiger partial charge in [-0.1, -0.05) is 19.3 Å². The van der Waals surface area contributed by atoms with Gasteiger partial charge in [0, 0.05) is 6.42 Å². The molecule has 7 heteroatoms. The molecule has 0 radical (unpaired) electrons. The number of rotatable bonds is 7. The van der Waals surface area contributed by atoms with E-state index in [4.69, 9.17) is 5.26 Å². The number of nitrogens with zero attached hydrogens (tertiary/aromatic N) is 1. The van der Waals surface area contributed by atoms with Crippen LogP contribution in [-0.2, 0) is 19.6 Å². The molecule has 1 N–H and O–H groups in total. The highest BCUT2D eigenvalue weighted by Gasteiger charge is 2.27. The number of nitriles is 1. The van der Waals surface area contributed by atoms with Gasteiger partial charge in [-0.05, 0) is 25.2 Å². The molecule has 6 nitrogen and oxygen atoms in total. The van der Waals surface area contributed by atoms with E-state index in [1.807, 2.05) is 0 Å². The van der Waals surface area contributed by atoms with Crippen LogP contribution in [0.1, 0.15) is 44.9 Å². The summed E-state index contributed by atoms with van der Waals surface area (Å²) in [5, 5.41) is 9.14. The van der Waals surface area contributed by atoms with Crippen LogP contribution in [0.3, 0.4) is 0 Å². The van der Waals surface area contributed by atoms with Gasteiger partial charge in [0.05, 0.1) is 18.9 Å². The number of ether oxygens (including phenoxy) is 1. The number of carbonyl (C=O) groups excluding carboxylic acids is 1. The van der Waals surface area contributed by atoms with E-state index in [1.165, 1.54) is 7.11 Å². The van der Waals surface area contributed by atoms with E-state index in [1.54, 1.807) is 0 Å². The molecule has 0 heterocycles. The molecule has 1 atom stereocenters. The summed E-state index contributed by atoms with van der Waals surface area (Å²) in [7, 11) is -2.26. The van der Waals surface area contributed by atoms with Crippen molar-refractivity contribution in [2.45, 2.75) is 51.0 Å². The van der Waals surface area contributed by atoms with Crippen LogP contribution in [0.4, 0.5) is 0 Å². The number of sulfonamides is 1. The number of esters is 1. The minimum atomic E-state index is -3.53. The van der Waals surface area contributed by atoms with E-state index >= 15 is 0 Å². The van der Waals surface area contributed by atoms with Crippen molar-refractivity contribution in [2.24, 2.45) is 5.92 Å². The Morgan fingerprint density at radius 1 is 1.40 bits per heavy atom. The van der Waals surface area contributed by atoms with Gasteiger partial charge in [-0.2, -0.15) is 9.98 Å². The highest BCUT2D eigenvalue weighted by Crippen LogP contribution is 2.26. The van der Waals surface area contributed by atoms with Gasteiger partial charge in [0.1, 0.15) is 6.04 Å². The van der Waals surface area contributed by atoms with E-state index in [0.717, 1.165) is 32.1 Å². The summed E-state index contributed by atoms with van der Waals surface area (Å²) in [4.78, 5) is 10.9. The second-order valence-corrected chi connectivity index (χ2v) is 6.99. The molecule has 0 bridgehead atoms. The Bertz CT molecular complexity index is 449. The van der Waals surface area contributed by atoms with E-state index in [2.05, 4.69) is 15.5 Å². The third-order valence-corrected chi connectivity index (χ3v) is 5.03. The highest BCUT2D eigenvalue weighted by atomic mass is 32.2. The van der Waals surface area contributed by atoms with Crippen LogP contribution in [0.15, 0.2) is 0 Å². The fraction of sp³-hybridized carbons (Fsp3) is 0.846. The van der Waals surface area contributed by atoms with Gasteiger partial charge in [-0.3, -0.25) is 4.79 Å². The van der Waals surface area contributed by atoms with E-state index in [-0.39, 0.29) is 24.5 Å². The average Bonchev–Trinajstić information content (AvgIpc) is 2.45. The van der Waals surface area contributed by atoms with Crippen LogP contribution in [0, 0.1) is 17.2 Å². The lowest BCUT2D eigenvalue weighted by Gasteiger charge is -2.26. The quantitative estimate of drug-likeness (QED) is 0.716. The van der Waals surface area contributed by atoms with E-state index < -0.39 is 22.0 Å². The molecule has 0 aromatic heterocycles. The van der Waals surface area contributed by atoms with Gasteiger partial charge in [0.2, 0.25) is 10.0 Å². The number of carbonyl (C=O) groups is 1. The van der Waals surface area contributed by atoms with Crippen molar-refractivity contribution in [1.82, 2.24) is 4.72 Å². The molecule has 0 aliphatic heterocycles. The standard InChI is InChI=1S/C13H22N2O4S/c1-19-13(16)8-5-9-20(17,18)15-12(10-14)11-6-3-2-4-7-11/h11-12,15H,2-9H2,1H3. The molecule has 1 unspecified atom stereocenters. The van der Waals surface area contributed by atoms with Gasteiger partial charge in [-0.25, -0.2) is 8.42 Å². The number of hydrogen-bond acceptors (Lipinski definition) is 5. The minimum Gasteiger partial charge on any atom is -0.469 e. The van der Waals surface area contributed by atoms with Crippen LogP contribution in [0.2, 0.25) is 0 Å². The maximum absolute atomic E-state index is 11.9. The van der Waals surface area contributed by atoms with Crippen molar-refractivity contribution in [3.05, 3.63) is 0 Å². The predicted molar refractivity (Wildman–Crippen MR) is 74.1 cm³/mol. The van der Waals surface area contributed by atoms with Crippen LogP contribution in [0.25, 0.3) is 0 Å². The second kappa shape index (κ2) is 8.22. The van der Waals surface area contributed by atoms with Crippen LogP contribution >= 0.6 is 0 Å². The fourth-order valence-corrected chi connectivity index (χ4v) is 3.73. The third kappa shape index (κ3) is 5.88. The zero-order valence-electron chi connectivity index (χ0n) is 11.8. The minimum absolute atomic E-state index is 0.0675. The topological polar surface area (TPSA) is 96.3 Å². The van der Waals surface area contributed by atoms with Crippen molar-refractivity contribution in [2.75, 3.05) is 12.9 Å². The summed E-state index contributed by atoms with van der Waals surface area (Å²) >= 11 is 0. The number of nitrogens with one attached hydrogen (secondary N) is 1. The Balaban J connectivity index is 2.46. The van der Waals surface area contributed by atoms with E-state index in [0.29, 0.717) is 0 Å². The maximum atomic E-state index is 11.9. The van der Waals surface area contributed by atoms with Crippen molar-refractivity contribution < 1.29 is 17.9 Å². The van der Waals surface area contributed by atoms with Gasteiger partial charge in [-0.15, -0.1) is 0 Å². The van der Waals surface area contributed by atoms with Crippen LogP contribution in [0.5, 0.6) is 0 Å². The molecular weight excluding hydrogens is 280 g/mol. The molecule has 0 spiro atoms. The normalized spacial score (nSPS) is 18.2. The monoisotopic (exact) mass is 302 g/mol. The molecule has 0 saturated heterocycles. The first-order valence-electron chi connectivity index (χ1n) is 6.95. The molecule has 114 valence electrons. The van der Waals surface area contributed by atoms with Crippen LogP contribution < -0.4 is 4.72 Å². The summed E-state index contributed by atoms with van der Waals surface area (Å²) in [6, 6.07) is 1.40. The van der Waals surface area contributed by atoms with Gasteiger partial charge in [0.15, 0.2) is 0 Å². The molecule has 0 amide bonds. The van der Waals surface area contributed by atoms with Crippen molar-refractivity contribution >= 4 is 16.0 Å². The zero-order chi connectivity index (χ0) is 15.0. The van der Waals surface area contributed by atoms with Gasteiger partial charge >= 0.3 is 5.97 Å². The summed E-state index contributed by atoms with van der Waals surface area (Å²) in [6.45, 7) is 0. The first-order chi connectivity index (χ1) is 9.48. The predicted octanol–water partition coefficient (Wildman–Crippen LogP) is 1.33. The first-order valence-corrected chi connectivity index (χ1v) is 8.60. The first kappa shape index (κ1) is 16.9. The lowest BCUT2D eigenvalue weighted by molar-refractivity contribution is -0.140. The molecule has 1 aliphatic carbocycles. The Hall–Kier alpha value is -1.13. The number of methoxy groups -OCH3 is 1. The fourth-order valence-electron chi connectivity index (χ4n) is 2.46. The van der Waals surface area contributed by atoms with Crippen molar-refractivity contribution in [3.8, 4) is 6.07 Å². The van der Waals surface area contributed by atoms with Crippen molar-refractivity contribution in [3.63, 3.8) is 0 Å². The molecule has 20 heavy (non-hydrogen) atoms. The molecule has 1 aliphatic rings. The SMILES string of the molecule is COC(=O)CCCS(=O)(=O)NC(C#N)C1CCCCC1. The molecule has 1 fully saturated rings. The summed E-state index contributed by atoms with van der Waals surface area (Å²) in [5.74, 6) is -0.485. The summed E-state index contributed by atoms with van der Waals surface area (Å²) < 4.78 is 30.7. The van der Waals surface area contributed by atoms with Crippen molar-refractivity contribution in [1.29, 1.82) is 5.26 Å². The van der Waals surface area contributed by atoms with Gasteiger partial charge in [0.25, 0.3) is 0 Å². The molecule has 1 saturated carbocycles. The largest absolute Gasteiger partial charge is 0.469 e. The maximum Gasteiger partial charge on any atom is 0.305 e. The Kier molecular flexibility index (Phi) is 6.96. The Morgan fingerprint density at radius 2 is 2.05 bits per heavy atom. The summed E-state index contributed by atoms with van der Waals surface area (Å²) in [5.41, 5.74) is 0. The Morgan fingerprint density at radius 3 is 2.60 bits per heavy atom. The lowest BCUT2D eigenvalue weighted by Crippen LogP contribution is -2.41. The lowest BCUT2D eigenvalue weighted by atomic mass is 9.85. The molecule has 0 aromatic carbocycles. The zero-order valence-corrected chi connectivity index (χ0v) is 12.6. The second-order valence-electron chi connectivity index (χ2n) is 5.12. The number of hydrogen-bond donors (Lipinski definition) is 1. The highest BCUT2D eigenvalue weighted by molar-refractivity contribution is 7.89. The molecule has 0 aromatic rings. The smallest absolute Gasteiger partial charge is 0.305 e. The average molecular weight is 302 g/mol. The third-order valence-electron chi connectivity index (χ3n) is 3.59.